The number of methoxy groups -OCH3 is 1. The molecule has 0 amide bonds. The number of para-hydroxylation sites is 1. The highest BCUT2D eigenvalue weighted by Crippen LogP contribution is 2.35. The largest absolute Gasteiger partial charge is 0.573 e. The van der Waals surface area contributed by atoms with Crippen LogP contribution in [0.3, 0.4) is 0 Å². The van der Waals surface area contributed by atoms with E-state index in [9.17, 15) is 18.0 Å². The van der Waals surface area contributed by atoms with E-state index in [2.05, 4.69) is 9.72 Å². The van der Waals surface area contributed by atoms with Crippen molar-refractivity contribution < 1.29 is 27.4 Å². The van der Waals surface area contributed by atoms with Crippen LogP contribution in [0.1, 0.15) is 32.0 Å². The zero-order valence-electron chi connectivity index (χ0n) is 20.9. The van der Waals surface area contributed by atoms with Gasteiger partial charge in [-0.3, -0.25) is 9.20 Å². The Morgan fingerprint density at radius 3 is 2.42 bits per heavy atom. The lowest BCUT2D eigenvalue weighted by atomic mass is 9.98. The van der Waals surface area contributed by atoms with Crippen LogP contribution in [0.4, 0.5) is 13.2 Å². The number of nitrogens with zero attached hydrogens (tertiary/aromatic N) is 2. The third-order valence-corrected chi connectivity index (χ3v) is 6.31. The number of hydrogen-bond donors (Lipinski definition) is 0. The maximum Gasteiger partial charge on any atom is 0.573 e. The summed E-state index contributed by atoms with van der Waals surface area (Å²) in [6, 6.07) is 10.5. The molecule has 0 fully saturated rings. The summed E-state index contributed by atoms with van der Waals surface area (Å²) in [5, 5.41) is 0. The maximum atomic E-state index is 13.4. The number of ether oxygens (including phenoxy) is 3. The van der Waals surface area contributed by atoms with Crippen LogP contribution in [0, 0.1) is 5.41 Å². The molecule has 0 atom stereocenters. The molecule has 0 aliphatic carbocycles. The molecule has 0 saturated carbocycles. The maximum absolute atomic E-state index is 13.4. The predicted octanol–water partition coefficient (Wildman–Crippen LogP) is 7.58. The molecular weight excluding hydrogens is 541 g/mol. The molecule has 0 bridgehead atoms. The first-order chi connectivity index (χ1) is 17.8. The number of rotatable bonds is 7. The Morgan fingerprint density at radius 2 is 1.79 bits per heavy atom. The predicted molar refractivity (Wildman–Crippen MR) is 143 cm³/mol. The number of thiazole rings is 1. The first-order valence-electron chi connectivity index (χ1n) is 11.4. The molecule has 2 heterocycles. The molecule has 4 rings (SSSR count). The summed E-state index contributed by atoms with van der Waals surface area (Å²) in [4.78, 5) is 18.4. The molecule has 0 radical (unpaired) electrons. The zero-order chi connectivity index (χ0) is 27.7. The average molecular weight is 565 g/mol. The Hall–Kier alpha value is -3.50. The molecule has 2 aromatic heterocycles. The second kappa shape index (κ2) is 10.7. The van der Waals surface area contributed by atoms with Gasteiger partial charge in [-0.15, -0.1) is 13.2 Å². The lowest BCUT2D eigenvalue weighted by molar-refractivity contribution is -0.274. The Kier molecular flexibility index (Phi) is 7.75. The van der Waals surface area contributed by atoms with Gasteiger partial charge in [0.05, 0.1) is 25.0 Å². The standard InChI is InChI=1S/C27H24ClF3N2O4S/c1-26(2,3)15-36-23-17(6-5-7-20(23)35-4)10-13-19-22(24(34)33-14-21(28)38-25(33)32-19)16-8-11-18(12-9-16)37-27(29,30)31/h5-14H,15H2,1-4H3. The van der Waals surface area contributed by atoms with E-state index >= 15 is 0 Å². The minimum Gasteiger partial charge on any atom is -0.493 e. The summed E-state index contributed by atoms with van der Waals surface area (Å²) in [5.41, 5.74) is 1.03. The molecule has 0 spiro atoms. The molecule has 0 aliphatic rings. The molecule has 11 heteroatoms. The van der Waals surface area contributed by atoms with E-state index in [-0.39, 0.29) is 11.0 Å². The second-order valence-corrected chi connectivity index (χ2v) is 11.1. The molecule has 6 nitrogen and oxygen atoms in total. The molecule has 2 aromatic carbocycles. The monoisotopic (exact) mass is 564 g/mol. The van der Waals surface area contributed by atoms with Crippen molar-refractivity contribution in [3.8, 4) is 28.4 Å². The summed E-state index contributed by atoms with van der Waals surface area (Å²) in [6.07, 6.45) is 0.0315. The van der Waals surface area contributed by atoms with Crippen LogP contribution in [0.25, 0.3) is 28.2 Å². The lowest BCUT2D eigenvalue weighted by Gasteiger charge is -2.21. The number of halogens is 4. The van der Waals surface area contributed by atoms with Gasteiger partial charge < -0.3 is 14.2 Å². The van der Waals surface area contributed by atoms with Crippen LogP contribution in [-0.2, 0) is 0 Å². The van der Waals surface area contributed by atoms with E-state index < -0.39 is 17.7 Å². The van der Waals surface area contributed by atoms with Gasteiger partial charge in [-0.1, -0.05) is 68.0 Å². The summed E-state index contributed by atoms with van der Waals surface area (Å²) >= 11 is 7.26. The summed E-state index contributed by atoms with van der Waals surface area (Å²) in [6.45, 7) is 6.58. The van der Waals surface area contributed by atoms with Gasteiger partial charge in [0.1, 0.15) is 10.1 Å². The van der Waals surface area contributed by atoms with Crippen LogP contribution in [-0.4, -0.2) is 29.5 Å². The SMILES string of the molecule is COc1cccc(C=Cc2nc3sc(Cl)cn3c(=O)c2-c2ccc(OC(F)(F)F)cc2)c1OCC(C)(C)C. The number of aromatic nitrogens is 2. The van der Waals surface area contributed by atoms with Crippen molar-refractivity contribution in [1.29, 1.82) is 0 Å². The van der Waals surface area contributed by atoms with Crippen molar-refractivity contribution in [1.82, 2.24) is 9.38 Å². The zero-order valence-corrected chi connectivity index (χ0v) is 22.5. The molecule has 0 N–H and O–H groups in total. The van der Waals surface area contributed by atoms with Crippen LogP contribution < -0.4 is 19.8 Å². The fraction of sp³-hybridized carbons (Fsp3) is 0.259. The smallest absolute Gasteiger partial charge is 0.493 e. The molecule has 4 aromatic rings. The van der Waals surface area contributed by atoms with Gasteiger partial charge in [0.15, 0.2) is 16.5 Å². The van der Waals surface area contributed by atoms with E-state index in [4.69, 9.17) is 21.1 Å². The number of benzene rings is 2. The van der Waals surface area contributed by atoms with E-state index in [1.807, 2.05) is 32.9 Å². The van der Waals surface area contributed by atoms with Crippen LogP contribution >= 0.6 is 22.9 Å². The first kappa shape index (κ1) is 27.5. The highest BCUT2D eigenvalue weighted by Gasteiger charge is 2.31. The normalized spacial score (nSPS) is 12.3. The van der Waals surface area contributed by atoms with Crippen molar-refractivity contribution in [3.05, 3.63) is 74.6 Å². The summed E-state index contributed by atoms with van der Waals surface area (Å²) < 4.78 is 55.1. The van der Waals surface area contributed by atoms with Crippen molar-refractivity contribution in [2.24, 2.45) is 5.41 Å². The van der Waals surface area contributed by atoms with E-state index in [1.165, 1.54) is 22.7 Å². The lowest BCUT2D eigenvalue weighted by Crippen LogP contribution is -2.18. The van der Waals surface area contributed by atoms with Crippen molar-refractivity contribution in [2.75, 3.05) is 13.7 Å². The van der Waals surface area contributed by atoms with Gasteiger partial charge in [-0.05, 0) is 41.3 Å². The Labute approximate surface area is 225 Å². The first-order valence-corrected chi connectivity index (χ1v) is 12.6. The van der Waals surface area contributed by atoms with Gasteiger partial charge in [0.2, 0.25) is 0 Å². The third-order valence-electron chi connectivity index (χ3n) is 5.21. The van der Waals surface area contributed by atoms with E-state index in [1.54, 1.807) is 25.3 Å². The van der Waals surface area contributed by atoms with Crippen molar-refractivity contribution in [2.45, 2.75) is 27.1 Å². The van der Waals surface area contributed by atoms with Gasteiger partial charge in [0.25, 0.3) is 5.56 Å². The second-order valence-electron chi connectivity index (χ2n) is 9.50. The summed E-state index contributed by atoms with van der Waals surface area (Å²) in [5.74, 6) is 0.682. The Balaban J connectivity index is 1.82. The van der Waals surface area contributed by atoms with Crippen LogP contribution in [0.5, 0.6) is 17.2 Å². The van der Waals surface area contributed by atoms with Gasteiger partial charge >= 0.3 is 6.36 Å². The molecule has 0 aliphatic heterocycles. The fourth-order valence-electron chi connectivity index (χ4n) is 3.58. The van der Waals surface area contributed by atoms with Gasteiger partial charge in [-0.25, -0.2) is 4.98 Å². The van der Waals surface area contributed by atoms with E-state index in [0.717, 1.165) is 23.5 Å². The third kappa shape index (κ3) is 6.49. The number of fused-ring (bicyclic) bond motifs is 1. The molecule has 0 unspecified atom stereocenters. The molecular formula is C27H24ClF3N2O4S. The Bertz CT molecular complexity index is 1540. The minimum atomic E-state index is -4.83. The van der Waals surface area contributed by atoms with Gasteiger partial charge in [0, 0.05) is 11.8 Å². The minimum absolute atomic E-state index is 0.100. The number of alkyl halides is 3. The van der Waals surface area contributed by atoms with Crippen LogP contribution in [0.2, 0.25) is 4.34 Å². The molecule has 200 valence electrons. The highest BCUT2D eigenvalue weighted by molar-refractivity contribution is 7.20. The quantitative estimate of drug-likeness (QED) is 0.231. The van der Waals surface area contributed by atoms with E-state index in [0.29, 0.717) is 44.2 Å². The average Bonchev–Trinajstić information content (AvgIpc) is 3.21. The highest BCUT2D eigenvalue weighted by atomic mass is 35.5. The van der Waals surface area contributed by atoms with Gasteiger partial charge in [-0.2, -0.15) is 0 Å². The van der Waals surface area contributed by atoms with Crippen molar-refractivity contribution in [3.63, 3.8) is 0 Å². The van der Waals surface area contributed by atoms with Crippen LogP contribution in [0.15, 0.2) is 53.5 Å². The topological polar surface area (TPSA) is 62.1 Å². The molecule has 38 heavy (non-hydrogen) atoms. The summed E-state index contributed by atoms with van der Waals surface area (Å²) in [7, 11) is 1.55. The Morgan fingerprint density at radius 1 is 1.08 bits per heavy atom. The number of hydrogen-bond acceptors (Lipinski definition) is 6. The van der Waals surface area contributed by atoms with Crippen molar-refractivity contribution >= 4 is 40.1 Å². The molecule has 0 saturated heterocycles. The fourth-order valence-corrected chi connectivity index (χ4v) is 4.60.